The summed E-state index contributed by atoms with van der Waals surface area (Å²) in [5.74, 6) is 0.726. The molecule has 0 aliphatic heterocycles. The average molecular weight is 239 g/mol. The summed E-state index contributed by atoms with van der Waals surface area (Å²) in [6.07, 6.45) is 4.26. The fourth-order valence-electron chi connectivity index (χ4n) is 0.976. The number of ether oxygens (including phenoxy) is 1. The molecule has 1 aromatic heterocycles. The Morgan fingerprint density at radius 1 is 1.18 bits per heavy atom. The average Bonchev–Trinajstić information content (AvgIpc) is 2.32. The third kappa shape index (κ3) is 11.2. The zero-order valence-electron chi connectivity index (χ0n) is 12.6. The van der Waals surface area contributed by atoms with Crippen molar-refractivity contribution in [2.75, 3.05) is 0 Å². The van der Waals surface area contributed by atoms with E-state index in [9.17, 15) is 0 Å². The number of hydrogen-bond acceptors (Lipinski definition) is 2. The highest BCUT2D eigenvalue weighted by Crippen LogP contribution is 2.10. The Balaban J connectivity index is 0. The second-order valence-corrected chi connectivity index (χ2v) is 3.73. The van der Waals surface area contributed by atoms with Crippen molar-refractivity contribution >= 4 is 0 Å². The van der Waals surface area contributed by atoms with Gasteiger partial charge in [0.1, 0.15) is 0 Å². The highest BCUT2D eigenvalue weighted by atomic mass is 16.5. The maximum absolute atomic E-state index is 5.45. The van der Waals surface area contributed by atoms with Crippen LogP contribution in [0.4, 0.5) is 0 Å². The molecule has 0 N–H and O–H groups in total. The number of aryl methyl sites for hydroxylation is 1. The van der Waals surface area contributed by atoms with E-state index in [-0.39, 0.29) is 6.10 Å². The van der Waals surface area contributed by atoms with Crippen LogP contribution >= 0.6 is 0 Å². The molecular formula is C15H29NO. The Morgan fingerprint density at radius 3 is 2.12 bits per heavy atom. The van der Waals surface area contributed by atoms with Crippen molar-refractivity contribution in [1.82, 2.24) is 4.98 Å². The van der Waals surface area contributed by atoms with Gasteiger partial charge in [-0.2, -0.15) is 0 Å². The van der Waals surface area contributed by atoms with Gasteiger partial charge in [0, 0.05) is 12.3 Å². The van der Waals surface area contributed by atoms with E-state index < -0.39 is 0 Å². The molecule has 1 aromatic rings. The lowest BCUT2D eigenvalue weighted by Gasteiger charge is -2.08. The van der Waals surface area contributed by atoms with Gasteiger partial charge in [0.05, 0.1) is 6.10 Å². The van der Waals surface area contributed by atoms with Crippen LogP contribution in [0.2, 0.25) is 0 Å². The van der Waals surface area contributed by atoms with Crippen molar-refractivity contribution in [3.05, 3.63) is 23.9 Å². The first kappa shape index (κ1) is 18.3. The molecule has 1 heterocycles. The molecule has 0 bridgehead atoms. The topological polar surface area (TPSA) is 22.1 Å². The lowest BCUT2D eigenvalue weighted by atomic mass is 10.2. The predicted molar refractivity (Wildman–Crippen MR) is 76.7 cm³/mol. The Labute approximate surface area is 107 Å². The quantitative estimate of drug-likeness (QED) is 0.750. The van der Waals surface area contributed by atoms with E-state index in [1.54, 1.807) is 6.20 Å². The minimum absolute atomic E-state index is 0.199. The Hall–Kier alpha value is -1.05. The second kappa shape index (κ2) is 13.0. The molecule has 0 amide bonds. The summed E-state index contributed by atoms with van der Waals surface area (Å²) in [6, 6.07) is 3.99. The largest absolute Gasteiger partial charge is 0.475 e. The summed E-state index contributed by atoms with van der Waals surface area (Å²) in [6.45, 7) is 14.4. The van der Waals surface area contributed by atoms with E-state index in [4.69, 9.17) is 4.74 Å². The zero-order chi connectivity index (χ0) is 13.7. The molecule has 2 nitrogen and oxygen atoms in total. The van der Waals surface area contributed by atoms with Gasteiger partial charge in [0.25, 0.3) is 0 Å². The van der Waals surface area contributed by atoms with Crippen LogP contribution in [-0.2, 0) is 6.42 Å². The minimum atomic E-state index is 0.199. The Morgan fingerprint density at radius 2 is 1.71 bits per heavy atom. The molecule has 0 atom stereocenters. The van der Waals surface area contributed by atoms with E-state index in [2.05, 4.69) is 25.8 Å². The van der Waals surface area contributed by atoms with Crippen molar-refractivity contribution in [3.63, 3.8) is 0 Å². The smallest absolute Gasteiger partial charge is 0.213 e. The molecule has 100 valence electrons. The lowest BCUT2D eigenvalue weighted by molar-refractivity contribution is 0.232. The first-order chi connectivity index (χ1) is 8.13. The highest BCUT2D eigenvalue weighted by molar-refractivity contribution is 5.20. The van der Waals surface area contributed by atoms with Crippen molar-refractivity contribution in [2.45, 2.75) is 67.4 Å². The molecule has 17 heavy (non-hydrogen) atoms. The lowest BCUT2D eigenvalue weighted by Crippen LogP contribution is -2.06. The van der Waals surface area contributed by atoms with E-state index in [0.717, 1.165) is 12.3 Å². The van der Waals surface area contributed by atoms with Crippen molar-refractivity contribution in [1.29, 1.82) is 0 Å². The SMILES string of the molecule is CC.CCC.CCc1ccnc(OC(C)C)c1. The monoisotopic (exact) mass is 239 g/mol. The van der Waals surface area contributed by atoms with Gasteiger partial charge in [0.2, 0.25) is 5.88 Å². The third-order valence-electron chi connectivity index (χ3n) is 1.56. The summed E-state index contributed by atoms with van der Waals surface area (Å²) < 4.78 is 5.45. The first-order valence-electron chi connectivity index (χ1n) is 6.75. The van der Waals surface area contributed by atoms with Gasteiger partial charge in [0.15, 0.2) is 0 Å². The van der Waals surface area contributed by atoms with Crippen LogP contribution in [0.25, 0.3) is 0 Å². The van der Waals surface area contributed by atoms with E-state index in [1.807, 2.05) is 39.8 Å². The molecule has 0 aliphatic rings. The number of rotatable bonds is 3. The molecule has 2 heteroatoms. The molecule has 0 aliphatic carbocycles. The molecule has 0 unspecified atom stereocenters. The fourth-order valence-corrected chi connectivity index (χ4v) is 0.976. The van der Waals surface area contributed by atoms with Gasteiger partial charge in [-0.15, -0.1) is 0 Å². The predicted octanol–water partition coefficient (Wildman–Crippen LogP) is 4.87. The maximum Gasteiger partial charge on any atom is 0.213 e. The van der Waals surface area contributed by atoms with Gasteiger partial charge in [-0.25, -0.2) is 4.98 Å². The molecule has 0 spiro atoms. The molecule has 0 saturated carbocycles. The van der Waals surface area contributed by atoms with E-state index in [0.29, 0.717) is 0 Å². The highest BCUT2D eigenvalue weighted by Gasteiger charge is 1.98. The standard InChI is InChI=1S/C10H15NO.C3H8.C2H6/c1-4-9-5-6-11-10(7-9)12-8(2)3;1-3-2;1-2/h5-8H,4H2,1-3H3;3H2,1-2H3;1-2H3. The summed E-state index contributed by atoms with van der Waals surface area (Å²) in [7, 11) is 0. The van der Waals surface area contributed by atoms with E-state index in [1.165, 1.54) is 12.0 Å². The van der Waals surface area contributed by atoms with Crippen LogP contribution in [0.1, 0.15) is 60.5 Å². The number of pyridine rings is 1. The van der Waals surface area contributed by atoms with Crippen LogP contribution in [0.15, 0.2) is 18.3 Å². The van der Waals surface area contributed by atoms with Gasteiger partial charge in [-0.3, -0.25) is 0 Å². The van der Waals surface area contributed by atoms with Crippen LogP contribution in [0.5, 0.6) is 5.88 Å². The van der Waals surface area contributed by atoms with Crippen LogP contribution < -0.4 is 4.74 Å². The Bertz CT molecular complexity index is 259. The van der Waals surface area contributed by atoms with Crippen molar-refractivity contribution < 1.29 is 4.74 Å². The third-order valence-corrected chi connectivity index (χ3v) is 1.56. The molecule has 1 rings (SSSR count). The van der Waals surface area contributed by atoms with Gasteiger partial charge in [-0.05, 0) is 31.9 Å². The second-order valence-electron chi connectivity index (χ2n) is 3.73. The molecule has 0 fully saturated rings. The van der Waals surface area contributed by atoms with E-state index >= 15 is 0 Å². The van der Waals surface area contributed by atoms with Gasteiger partial charge in [-0.1, -0.05) is 41.0 Å². The van der Waals surface area contributed by atoms with Gasteiger partial charge < -0.3 is 4.74 Å². The molecule has 0 saturated heterocycles. The number of nitrogens with zero attached hydrogens (tertiary/aromatic N) is 1. The first-order valence-corrected chi connectivity index (χ1v) is 6.75. The summed E-state index contributed by atoms with van der Waals surface area (Å²) >= 11 is 0. The summed E-state index contributed by atoms with van der Waals surface area (Å²) in [5.41, 5.74) is 1.26. The molecular weight excluding hydrogens is 210 g/mol. The maximum atomic E-state index is 5.45. The van der Waals surface area contributed by atoms with Crippen LogP contribution in [0.3, 0.4) is 0 Å². The van der Waals surface area contributed by atoms with Crippen molar-refractivity contribution in [3.8, 4) is 5.88 Å². The molecule has 0 radical (unpaired) electrons. The number of aromatic nitrogens is 1. The molecule has 0 aromatic carbocycles. The fraction of sp³-hybridized carbons (Fsp3) is 0.667. The minimum Gasteiger partial charge on any atom is -0.475 e. The zero-order valence-corrected chi connectivity index (χ0v) is 12.6. The number of hydrogen-bond donors (Lipinski definition) is 0. The van der Waals surface area contributed by atoms with Crippen LogP contribution in [0, 0.1) is 0 Å². The van der Waals surface area contributed by atoms with Gasteiger partial charge >= 0.3 is 0 Å². The summed E-state index contributed by atoms with van der Waals surface area (Å²) in [4.78, 5) is 4.11. The van der Waals surface area contributed by atoms with Crippen LogP contribution in [-0.4, -0.2) is 11.1 Å². The Kier molecular flexibility index (Phi) is 14.0. The normalized spacial score (nSPS) is 8.71. The van der Waals surface area contributed by atoms with Crippen molar-refractivity contribution in [2.24, 2.45) is 0 Å². The summed E-state index contributed by atoms with van der Waals surface area (Å²) in [5, 5.41) is 0.